The number of rotatable bonds is 6. The highest BCUT2D eigenvalue weighted by molar-refractivity contribution is 6.30. The molecule has 2 nitrogen and oxygen atoms in total. The average Bonchev–Trinajstić information content (AvgIpc) is 2.30. The topological polar surface area (TPSA) is 21.3 Å². The fourth-order valence-electron chi connectivity index (χ4n) is 2.57. The van der Waals surface area contributed by atoms with Crippen LogP contribution >= 0.6 is 11.6 Å². The van der Waals surface area contributed by atoms with Gasteiger partial charge in [0.1, 0.15) is 0 Å². The third kappa shape index (κ3) is 4.76. The van der Waals surface area contributed by atoms with Gasteiger partial charge in [0.15, 0.2) is 0 Å². The van der Waals surface area contributed by atoms with Gasteiger partial charge in [0.05, 0.1) is 12.2 Å². The van der Waals surface area contributed by atoms with Crippen molar-refractivity contribution in [2.75, 3.05) is 6.54 Å². The Morgan fingerprint density at radius 3 is 2.60 bits per heavy atom. The van der Waals surface area contributed by atoms with Crippen molar-refractivity contribution in [2.45, 2.75) is 64.2 Å². The summed E-state index contributed by atoms with van der Waals surface area (Å²) in [6.07, 6.45) is 4.73. The minimum atomic E-state index is 0.0839. The van der Waals surface area contributed by atoms with Crippen molar-refractivity contribution in [3.05, 3.63) is 34.9 Å². The molecule has 20 heavy (non-hydrogen) atoms. The third-order valence-electron chi connectivity index (χ3n) is 3.93. The summed E-state index contributed by atoms with van der Waals surface area (Å²) in [5.41, 5.74) is 1.42. The van der Waals surface area contributed by atoms with Crippen LogP contribution in [-0.2, 0) is 11.3 Å². The molecule has 0 atom stereocenters. The maximum atomic E-state index is 6.22. The molecule has 1 aromatic rings. The van der Waals surface area contributed by atoms with E-state index >= 15 is 0 Å². The van der Waals surface area contributed by atoms with E-state index in [9.17, 15) is 0 Å². The summed E-state index contributed by atoms with van der Waals surface area (Å²) in [4.78, 5) is 0. The molecule has 0 aromatic heterocycles. The number of ether oxygens (including phenoxy) is 1. The first kappa shape index (κ1) is 15.8. The van der Waals surface area contributed by atoms with Gasteiger partial charge in [-0.2, -0.15) is 0 Å². The Morgan fingerprint density at radius 1 is 1.30 bits per heavy atom. The Balaban J connectivity index is 1.82. The van der Waals surface area contributed by atoms with E-state index in [1.165, 1.54) is 19.3 Å². The molecular weight excluding hydrogens is 270 g/mol. The smallest absolute Gasteiger partial charge is 0.0724 e. The summed E-state index contributed by atoms with van der Waals surface area (Å²) in [5, 5.41) is 4.33. The Bertz CT molecular complexity index is 435. The third-order valence-corrected chi connectivity index (χ3v) is 4.17. The van der Waals surface area contributed by atoms with E-state index in [0.717, 1.165) is 23.6 Å². The van der Waals surface area contributed by atoms with E-state index in [4.69, 9.17) is 16.3 Å². The SMILES string of the molecule is CC(C)(C)NCCC1(OCc2cccc(Cl)c2)CCC1. The monoisotopic (exact) mass is 295 g/mol. The standard InChI is InChI=1S/C17H26ClNO/c1-16(2,3)19-11-10-17(8-5-9-17)20-13-14-6-4-7-15(18)12-14/h4,6-7,12,19H,5,8-11,13H2,1-3H3. The molecule has 0 heterocycles. The second-order valence-corrected chi connectivity index (χ2v) is 7.32. The molecule has 1 saturated carbocycles. The molecule has 3 heteroatoms. The summed E-state index contributed by atoms with van der Waals surface area (Å²) in [5.74, 6) is 0. The fraction of sp³-hybridized carbons (Fsp3) is 0.647. The highest BCUT2D eigenvalue weighted by Gasteiger charge is 2.37. The quantitative estimate of drug-likeness (QED) is 0.831. The van der Waals surface area contributed by atoms with Crippen LogP contribution in [0.5, 0.6) is 0 Å². The lowest BCUT2D eigenvalue weighted by Crippen LogP contribution is -2.45. The van der Waals surface area contributed by atoms with Crippen LogP contribution in [0.4, 0.5) is 0 Å². The fourth-order valence-corrected chi connectivity index (χ4v) is 2.78. The molecule has 0 unspecified atom stereocenters. The predicted molar refractivity (Wildman–Crippen MR) is 85.2 cm³/mol. The van der Waals surface area contributed by atoms with Gasteiger partial charge in [0.25, 0.3) is 0 Å². The Labute approximate surface area is 127 Å². The minimum absolute atomic E-state index is 0.0839. The van der Waals surface area contributed by atoms with Crippen LogP contribution in [0.15, 0.2) is 24.3 Å². The molecule has 0 aliphatic heterocycles. The Morgan fingerprint density at radius 2 is 2.05 bits per heavy atom. The van der Waals surface area contributed by atoms with Crippen molar-refractivity contribution >= 4 is 11.6 Å². The van der Waals surface area contributed by atoms with E-state index < -0.39 is 0 Å². The molecule has 1 fully saturated rings. The van der Waals surface area contributed by atoms with Crippen molar-refractivity contribution in [1.82, 2.24) is 5.32 Å². The maximum Gasteiger partial charge on any atom is 0.0724 e. The second kappa shape index (κ2) is 6.46. The average molecular weight is 296 g/mol. The largest absolute Gasteiger partial charge is 0.370 e. The van der Waals surface area contributed by atoms with Crippen molar-refractivity contribution in [1.29, 1.82) is 0 Å². The number of nitrogens with one attached hydrogen (secondary N) is 1. The molecule has 1 aromatic carbocycles. The highest BCUT2D eigenvalue weighted by atomic mass is 35.5. The van der Waals surface area contributed by atoms with Crippen molar-refractivity contribution in [3.8, 4) is 0 Å². The van der Waals surface area contributed by atoms with Gasteiger partial charge in [0.2, 0.25) is 0 Å². The van der Waals surface area contributed by atoms with Crippen LogP contribution in [-0.4, -0.2) is 17.7 Å². The summed E-state index contributed by atoms with van der Waals surface area (Å²) in [6, 6.07) is 7.94. The molecule has 112 valence electrons. The lowest BCUT2D eigenvalue weighted by atomic mass is 9.77. The molecule has 1 aliphatic rings. The zero-order chi connectivity index (χ0) is 14.6. The van der Waals surface area contributed by atoms with E-state index in [0.29, 0.717) is 6.61 Å². The van der Waals surface area contributed by atoms with Crippen LogP contribution in [0.2, 0.25) is 5.02 Å². The van der Waals surface area contributed by atoms with Gasteiger partial charge < -0.3 is 10.1 Å². The number of hydrogen-bond acceptors (Lipinski definition) is 2. The predicted octanol–water partition coefficient (Wildman–Crippen LogP) is 4.56. The normalized spacial score (nSPS) is 17.8. The Hall–Kier alpha value is -0.570. The summed E-state index contributed by atoms with van der Waals surface area (Å²) in [7, 11) is 0. The first-order chi connectivity index (χ1) is 9.39. The van der Waals surface area contributed by atoms with Gasteiger partial charge >= 0.3 is 0 Å². The van der Waals surface area contributed by atoms with Crippen molar-refractivity contribution < 1.29 is 4.74 Å². The van der Waals surface area contributed by atoms with Gasteiger partial charge in [-0.1, -0.05) is 23.7 Å². The van der Waals surface area contributed by atoms with E-state index in [-0.39, 0.29) is 11.1 Å². The number of benzene rings is 1. The molecule has 0 radical (unpaired) electrons. The molecule has 2 rings (SSSR count). The van der Waals surface area contributed by atoms with Crippen LogP contribution in [0.3, 0.4) is 0 Å². The molecular formula is C17H26ClNO. The van der Waals surface area contributed by atoms with Gasteiger partial charge in [-0.15, -0.1) is 0 Å². The van der Waals surface area contributed by atoms with Gasteiger partial charge in [-0.3, -0.25) is 0 Å². The van der Waals surface area contributed by atoms with Crippen LogP contribution in [0, 0.1) is 0 Å². The molecule has 0 saturated heterocycles. The first-order valence-corrected chi connectivity index (χ1v) is 7.90. The molecule has 0 amide bonds. The maximum absolute atomic E-state index is 6.22. The number of halogens is 1. The first-order valence-electron chi connectivity index (χ1n) is 7.52. The lowest BCUT2D eigenvalue weighted by molar-refractivity contribution is -0.114. The molecule has 0 bridgehead atoms. The minimum Gasteiger partial charge on any atom is -0.370 e. The van der Waals surface area contributed by atoms with E-state index in [1.807, 2.05) is 18.2 Å². The van der Waals surface area contributed by atoms with Gasteiger partial charge in [-0.05, 0) is 70.7 Å². The van der Waals surface area contributed by atoms with Crippen LogP contribution in [0.25, 0.3) is 0 Å². The second-order valence-electron chi connectivity index (χ2n) is 6.88. The highest BCUT2D eigenvalue weighted by Crippen LogP contribution is 2.39. The van der Waals surface area contributed by atoms with E-state index in [2.05, 4.69) is 32.2 Å². The van der Waals surface area contributed by atoms with Crippen molar-refractivity contribution in [2.24, 2.45) is 0 Å². The van der Waals surface area contributed by atoms with Crippen LogP contribution in [0.1, 0.15) is 52.0 Å². The van der Waals surface area contributed by atoms with Crippen molar-refractivity contribution in [3.63, 3.8) is 0 Å². The van der Waals surface area contributed by atoms with Gasteiger partial charge in [-0.25, -0.2) is 0 Å². The zero-order valence-electron chi connectivity index (χ0n) is 12.8. The number of hydrogen-bond donors (Lipinski definition) is 1. The van der Waals surface area contributed by atoms with E-state index in [1.54, 1.807) is 0 Å². The lowest BCUT2D eigenvalue weighted by Gasteiger charge is -2.42. The molecule has 1 N–H and O–H groups in total. The summed E-state index contributed by atoms with van der Waals surface area (Å²) < 4.78 is 6.22. The summed E-state index contributed by atoms with van der Waals surface area (Å²) >= 11 is 6.01. The Kier molecular flexibility index (Phi) is 5.11. The van der Waals surface area contributed by atoms with Crippen LogP contribution < -0.4 is 5.32 Å². The summed E-state index contributed by atoms with van der Waals surface area (Å²) in [6.45, 7) is 8.28. The molecule has 1 aliphatic carbocycles. The zero-order valence-corrected chi connectivity index (χ0v) is 13.6. The van der Waals surface area contributed by atoms with Gasteiger partial charge in [0, 0.05) is 10.6 Å². The molecule has 0 spiro atoms.